The fourth-order valence-corrected chi connectivity index (χ4v) is 10.2. The fourth-order valence-electron chi connectivity index (χ4n) is 4.80. The van der Waals surface area contributed by atoms with Gasteiger partial charge in [0, 0.05) is 0 Å². The van der Waals surface area contributed by atoms with Crippen molar-refractivity contribution < 1.29 is 0 Å². The summed E-state index contributed by atoms with van der Waals surface area (Å²) in [6.07, 6.45) is 12.7. The molecule has 1 rings (SSSR count). The van der Waals surface area contributed by atoms with Crippen LogP contribution in [0.1, 0.15) is 92.9 Å². The Morgan fingerprint density at radius 1 is 0.962 bits per heavy atom. The van der Waals surface area contributed by atoms with E-state index in [9.17, 15) is 0 Å². The molecule has 0 amide bonds. The summed E-state index contributed by atoms with van der Waals surface area (Å²) >= 11 is 14.6. The summed E-state index contributed by atoms with van der Waals surface area (Å²) in [7, 11) is 1.79. The number of unbranched alkanes of at least 4 members (excludes halogenated alkanes) is 2. The maximum absolute atomic E-state index is 7.44. The lowest BCUT2D eigenvalue weighted by atomic mass is 9.58. The molecule has 1 aliphatic carbocycles. The van der Waals surface area contributed by atoms with E-state index in [1.807, 2.05) is 0 Å². The molecule has 1 aliphatic rings. The highest BCUT2D eigenvalue weighted by atomic mass is 35.5. The minimum atomic E-state index is -0.175. The van der Waals surface area contributed by atoms with Crippen molar-refractivity contribution in [3.05, 3.63) is 0 Å². The van der Waals surface area contributed by atoms with Crippen LogP contribution >= 0.6 is 40.4 Å². The molecule has 0 spiro atoms. The number of alkyl halides is 2. The van der Waals surface area contributed by atoms with Gasteiger partial charge in [-0.15, -0.1) is 31.8 Å². The lowest BCUT2D eigenvalue weighted by Gasteiger charge is -2.56. The monoisotopic (exact) mass is 440 g/mol. The van der Waals surface area contributed by atoms with Crippen molar-refractivity contribution in [2.75, 3.05) is 12.3 Å². The molecule has 1 fully saturated rings. The molecule has 7 unspecified atom stereocenters. The Kier molecular flexibility index (Phi) is 12.0. The predicted octanol–water partition coefficient (Wildman–Crippen LogP) is 8.73. The molecular formula is C22H44Cl2P2. The molecule has 0 aromatic carbocycles. The zero-order chi connectivity index (χ0) is 19.8. The van der Waals surface area contributed by atoms with Gasteiger partial charge in [-0.25, -0.2) is 0 Å². The summed E-state index contributed by atoms with van der Waals surface area (Å²) < 4.78 is -0.175. The van der Waals surface area contributed by atoms with Gasteiger partial charge in [0.2, 0.25) is 0 Å². The van der Waals surface area contributed by atoms with Gasteiger partial charge in [0.15, 0.2) is 0 Å². The Morgan fingerprint density at radius 2 is 1.50 bits per heavy atom. The zero-order valence-corrected chi connectivity index (χ0v) is 21.6. The first-order valence-electron chi connectivity index (χ1n) is 11.1. The van der Waals surface area contributed by atoms with Crippen LogP contribution in [0, 0.1) is 17.3 Å². The lowest BCUT2D eigenvalue weighted by molar-refractivity contribution is 0.0363. The van der Waals surface area contributed by atoms with Gasteiger partial charge in [0.25, 0.3) is 0 Å². The van der Waals surface area contributed by atoms with Crippen LogP contribution in [-0.2, 0) is 0 Å². The lowest BCUT2D eigenvalue weighted by Crippen LogP contribution is -2.53. The Morgan fingerprint density at radius 3 is 2.00 bits per heavy atom. The first kappa shape index (κ1) is 25.5. The third-order valence-electron chi connectivity index (χ3n) is 7.05. The van der Waals surface area contributed by atoms with E-state index in [-0.39, 0.29) is 9.99 Å². The smallest absolute Gasteiger partial charge is 0.0786 e. The molecule has 0 nitrogen and oxygen atoms in total. The van der Waals surface area contributed by atoms with Gasteiger partial charge in [-0.2, -0.15) is 0 Å². The van der Waals surface area contributed by atoms with Gasteiger partial charge in [-0.1, -0.05) is 75.8 Å². The fraction of sp³-hybridized carbons (Fsp3) is 1.00. The molecule has 0 aromatic heterocycles. The van der Waals surface area contributed by atoms with Gasteiger partial charge >= 0.3 is 0 Å². The van der Waals surface area contributed by atoms with Crippen molar-refractivity contribution in [1.29, 1.82) is 0 Å². The van der Waals surface area contributed by atoms with Crippen molar-refractivity contribution in [1.82, 2.24) is 0 Å². The number of hydrogen-bond donors (Lipinski definition) is 0. The Bertz CT molecular complexity index is 380. The van der Waals surface area contributed by atoms with E-state index in [1.165, 1.54) is 57.3 Å². The molecule has 0 aromatic rings. The van der Waals surface area contributed by atoms with Crippen LogP contribution in [-0.4, -0.2) is 28.0 Å². The minimum absolute atomic E-state index is 0.163. The SMILES string of the molecule is CCCCPC1CC(C(C)CC)(C(C)CC)CC(Cl)(PCCCC)C1Cl. The number of rotatable bonds is 12. The van der Waals surface area contributed by atoms with Gasteiger partial charge in [-0.05, 0) is 60.9 Å². The molecule has 7 atom stereocenters. The van der Waals surface area contributed by atoms with Gasteiger partial charge in [0.05, 0.1) is 9.99 Å². The molecule has 26 heavy (non-hydrogen) atoms. The van der Waals surface area contributed by atoms with E-state index in [0.717, 1.165) is 35.4 Å². The van der Waals surface area contributed by atoms with Crippen molar-refractivity contribution in [3.8, 4) is 0 Å². The van der Waals surface area contributed by atoms with Crippen molar-refractivity contribution in [2.24, 2.45) is 17.3 Å². The maximum Gasteiger partial charge on any atom is 0.0786 e. The molecule has 0 bridgehead atoms. The van der Waals surface area contributed by atoms with Crippen LogP contribution in [0.25, 0.3) is 0 Å². The molecule has 4 heteroatoms. The second kappa shape index (κ2) is 12.2. The van der Waals surface area contributed by atoms with Crippen LogP contribution < -0.4 is 0 Å². The molecule has 1 saturated carbocycles. The van der Waals surface area contributed by atoms with Gasteiger partial charge in [-0.3, -0.25) is 0 Å². The molecule has 156 valence electrons. The van der Waals surface area contributed by atoms with Gasteiger partial charge < -0.3 is 0 Å². The van der Waals surface area contributed by atoms with E-state index in [2.05, 4.69) is 41.5 Å². The van der Waals surface area contributed by atoms with Crippen molar-refractivity contribution >= 4 is 40.4 Å². The minimum Gasteiger partial charge on any atom is -0.120 e. The average molecular weight is 441 g/mol. The molecule has 0 radical (unpaired) electrons. The highest BCUT2D eigenvalue weighted by Gasteiger charge is 2.55. The second-order valence-electron chi connectivity index (χ2n) is 8.69. The zero-order valence-electron chi connectivity index (χ0n) is 18.1. The summed E-state index contributed by atoms with van der Waals surface area (Å²) in [6.45, 7) is 14.3. The Hall–Kier alpha value is 1.44. The van der Waals surface area contributed by atoms with Crippen LogP contribution in [0.5, 0.6) is 0 Å². The van der Waals surface area contributed by atoms with Crippen molar-refractivity contribution in [2.45, 2.75) is 109 Å². The molecule has 0 saturated heterocycles. The van der Waals surface area contributed by atoms with E-state index < -0.39 is 0 Å². The molecular weight excluding hydrogens is 397 g/mol. The average Bonchev–Trinajstić information content (AvgIpc) is 2.64. The summed E-state index contributed by atoms with van der Waals surface area (Å²) in [5.74, 6) is 1.46. The number of hydrogen-bond acceptors (Lipinski definition) is 0. The van der Waals surface area contributed by atoms with E-state index >= 15 is 0 Å². The van der Waals surface area contributed by atoms with E-state index in [1.54, 1.807) is 0 Å². The molecule has 0 N–H and O–H groups in total. The predicted molar refractivity (Wildman–Crippen MR) is 129 cm³/mol. The second-order valence-corrected chi connectivity index (χ2v) is 13.5. The van der Waals surface area contributed by atoms with Crippen LogP contribution in [0.2, 0.25) is 0 Å². The third-order valence-corrected chi connectivity index (χ3v) is 12.4. The molecule has 0 heterocycles. The Balaban J connectivity index is 3.15. The quantitative estimate of drug-likeness (QED) is 0.161. The maximum atomic E-state index is 7.44. The first-order valence-corrected chi connectivity index (χ1v) is 14.4. The van der Waals surface area contributed by atoms with Crippen LogP contribution in [0.4, 0.5) is 0 Å². The Labute approximate surface area is 178 Å². The standard InChI is InChI=1S/C22H44Cl2P2/c1-7-11-13-25-19-15-21(17(5)9-3,18(6)10-4)16-22(24,20(19)23)26-14-12-8-2/h17-20,25-26H,7-16H2,1-6H3. The van der Waals surface area contributed by atoms with Crippen LogP contribution in [0.15, 0.2) is 0 Å². The van der Waals surface area contributed by atoms with E-state index in [0.29, 0.717) is 11.1 Å². The topological polar surface area (TPSA) is 0 Å². The summed E-state index contributed by atoms with van der Waals surface area (Å²) in [5.41, 5.74) is 0.992. The first-order chi connectivity index (χ1) is 12.3. The number of halogens is 2. The van der Waals surface area contributed by atoms with Crippen molar-refractivity contribution in [3.63, 3.8) is 0 Å². The summed E-state index contributed by atoms with van der Waals surface area (Å²) in [6, 6.07) is 0. The highest BCUT2D eigenvalue weighted by Crippen LogP contribution is 2.63. The molecule has 0 aliphatic heterocycles. The van der Waals surface area contributed by atoms with Crippen LogP contribution in [0.3, 0.4) is 0 Å². The highest BCUT2D eigenvalue weighted by molar-refractivity contribution is 7.43. The van der Waals surface area contributed by atoms with E-state index in [4.69, 9.17) is 23.2 Å². The normalized spacial score (nSPS) is 35.5. The summed E-state index contributed by atoms with van der Waals surface area (Å²) in [4.78, 5) is 0. The summed E-state index contributed by atoms with van der Waals surface area (Å²) in [5, 5.41) is 0.163. The third kappa shape index (κ3) is 6.22. The van der Waals surface area contributed by atoms with Gasteiger partial charge in [0.1, 0.15) is 0 Å². The largest absolute Gasteiger partial charge is 0.120 e.